The summed E-state index contributed by atoms with van der Waals surface area (Å²) in [5, 5.41) is 6.16. The van der Waals surface area contributed by atoms with Crippen molar-refractivity contribution in [2.24, 2.45) is 0 Å². The maximum Gasteiger partial charge on any atom is 0.259 e. The van der Waals surface area contributed by atoms with Gasteiger partial charge in [0.15, 0.2) is 5.82 Å². The predicted molar refractivity (Wildman–Crippen MR) is 126 cm³/mol. The van der Waals surface area contributed by atoms with Gasteiger partial charge in [0.2, 0.25) is 5.95 Å². The van der Waals surface area contributed by atoms with Crippen molar-refractivity contribution in [2.75, 3.05) is 17.2 Å². The summed E-state index contributed by atoms with van der Waals surface area (Å²) in [6, 6.07) is 12.9. The van der Waals surface area contributed by atoms with Crippen LogP contribution in [0.15, 0.2) is 48.5 Å². The zero-order valence-corrected chi connectivity index (χ0v) is 18.9. The Bertz CT molecular complexity index is 1330. The van der Waals surface area contributed by atoms with Gasteiger partial charge < -0.3 is 20.4 Å². The van der Waals surface area contributed by atoms with Crippen molar-refractivity contribution < 1.29 is 13.9 Å². The lowest BCUT2D eigenvalue weighted by Gasteiger charge is -2.11. The Hall–Kier alpha value is -3.00. The maximum absolute atomic E-state index is 14.4. The highest BCUT2D eigenvalue weighted by atomic mass is 35.5. The Labute approximate surface area is 197 Å². The van der Waals surface area contributed by atoms with E-state index in [1.54, 1.807) is 36.4 Å². The molecule has 6 nitrogen and oxygen atoms in total. The molecule has 0 aliphatic rings. The minimum absolute atomic E-state index is 0.0119. The zero-order valence-electron chi connectivity index (χ0n) is 16.6. The number of hydrogen-bond acceptors (Lipinski definition) is 4. The molecule has 164 valence electrons. The number of anilines is 3. The SMILES string of the molecule is CCOc1cc2nc(Nc3c(Cl)ccc(Cl)c3F)[nH]c2cc1C(=O)Nc1cccc(Cl)c1. The van der Waals surface area contributed by atoms with E-state index in [-0.39, 0.29) is 27.6 Å². The number of benzene rings is 3. The van der Waals surface area contributed by atoms with Crippen LogP contribution in [0.2, 0.25) is 15.1 Å². The normalized spacial score (nSPS) is 10.9. The first kappa shape index (κ1) is 22.2. The molecule has 1 aromatic heterocycles. The smallest absolute Gasteiger partial charge is 0.259 e. The predicted octanol–water partition coefficient (Wildman–Crippen LogP) is 7.06. The second-order valence-corrected chi connectivity index (χ2v) is 7.94. The molecule has 3 N–H and O–H groups in total. The Morgan fingerprint density at radius 2 is 1.91 bits per heavy atom. The van der Waals surface area contributed by atoms with Gasteiger partial charge in [0.05, 0.1) is 38.9 Å². The molecule has 10 heteroatoms. The van der Waals surface area contributed by atoms with E-state index in [1.807, 2.05) is 6.92 Å². The first-order valence-corrected chi connectivity index (χ1v) is 10.6. The average Bonchev–Trinajstić information content (AvgIpc) is 3.15. The van der Waals surface area contributed by atoms with E-state index in [0.29, 0.717) is 39.7 Å². The maximum atomic E-state index is 14.4. The first-order valence-electron chi connectivity index (χ1n) is 9.49. The molecule has 0 aliphatic heterocycles. The fraction of sp³-hybridized carbons (Fsp3) is 0.0909. The van der Waals surface area contributed by atoms with Crippen molar-refractivity contribution in [1.29, 1.82) is 0 Å². The molecule has 32 heavy (non-hydrogen) atoms. The van der Waals surface area contributed by atoms with Crippen LogP contribution in [-0.2, 0) is 0 Å². The summed E-state index contributed by atoms with van der Waals surface area (Å²) in [4.78, 5) is 20.3. The summed E-state index contributed by atoms with van der Waals surface area (Å²) in [5.41, 5.74) is 1.87. The van der Waals surface area contributed by atoms with Crippen LogP contribution in [-0.4, -0.2) is 22.5 Å². The van der Waals surface area contributed by atoms with Crippen LogP contribution in [0.4, 0.5) is 21.7 Å². The molecule has 0 saturated carbocycles. The Balaban J connectivity index is 1.69. The first-order chi connectivity index (χ1) is 15.4. The second-order valence-electron chi connectivity index (χ2n) is 6.69. The molecule has 1 heterocycles. The topological polar surface area (TPSA) is 79.0 Å². The van der Waals surface area contributed by atoms with Crippen LogP contribution in [0, 0.1) is 5.82 Å². The summed E-state index contributed by atoms with van der Waals surface area (Å²) in [6.07, 6.45) is 0. The number of fused-ring (bicyclic) bond motifs is 1. The Morgan fingerprint density at radius 1 is 1.12 bits per heavy atom. The number of rotatable bonds is 6. The number of amides is 1. The van der Waals surface area contributed by atoms with E-state index < -0.39 is 5.82 Å². The lowest BCUT2D eigenvalue weighted by atomic mass is 10.1. The number of hydrogen-bond donors (Lipinski definition) is 3. The van der Waals surface area contributed by atoms with Gasteiger partial charge in [-0.2, -0.15) is 0 Å². The third-order valence-corrected chi connectivity index (χ3v) is 5.34. The van der Waals surface area contributed by atoms with E-state index in [2.05, 4.69) is 20.6 Å². The van der Waals surface area contributed by atoms with Crippen molar-refractivity contribution in [1.82, 2.24) is 9.97 Å². The van der Waals surface area contributed by atoms with Crippen LogP contribution in [0.1, 0.15) is 17.3 Å². The van der Waals surface area contributed by atoms with Gasteiger partial charge in [-0.1, -0.05) is 40.9 Å². The molecule has 4 rings (SSSR count). The molecule has 0 fully saturated rings. The quantitative estimate of drug-likeness (QED) is 0.251. The van der Waals surface area contributed by atoms with E-state index in [9.17, 15) is 9.18 Å². The van der Waals surface area contributed by atoms with Crippen LogP contribution in [0.3, 0.4) is 0 Å². The second kappa shape index (κ2) is 9.24. The summed E-state index contributed by atoms with van der Waals surface area (Å²) in [5.74, 6) is -0.510. The molecule has 0 radical (unpaired) electrons. The van der Waals surface area contributed by atoms with Gasteiger partial charge in [-0.05, 0) is 43.3 Å². The average molecular weight is 494 g/mol. The van der Waals surface area contributed by atoms with Crippen LogP contribution in [0.5, 0.6) is 5.75 Å². The number of nitrogens with zero attached hydrogens (tertiary/aromatic N) is 1. The van der Waals surface area contributed by atoms with Crippen LogP contribution in [0.25, 0.3) is 11.0 Å². The number of nitrogens with one attached hydrogen (secondary N) is 3. The van der Waals surface area contributed by atoms with Gasteiger partial charge in [0, 0.05) is 16.8 Å². The van der Waals surface area contributed by atoms with Crippen molar-refractivity contribution >= 4 is 69.1 Å². The van der Waals surface area contributed by atoms with Crippen molar-refractivity contribution in [2.45, 2.75) is 6.92 Å². The van der Waals surface area contributed by atoms with Gasteiger partial charge in [0.25, 0.3) is 5.91 Å². The highest BCUT2D eigenvalue weighted by Crippen LogP contribution is 2.33. The van der Waals surface area contributed by atoms with Gasteiger partial charge in [-0.25, -0.2) is 9.37 Å². The van der Waals surface area contributed by atoms with Crippen molar-refractivity contribution in [3.8, 4) is 5.75 Å². The van der Waals surface area contributed by atoms with Gasteiger partial charge >= 0.3 is 0 Å². The van der Waals surface area contributed by atoms with E-state index in [1.165, 1.54) is 12.1 Å². The molecular formula is C22H16Cl3FN4O2. The fourth-order valence-corrected chi connectivity index (χ4v) is 3.61. The van der Waals surface area contributed by atoms with Crippen LogP contribution >= 0.6 is 34.8 Å². The lowest BCUT2D eigenvalue weighted by molar-refractivity contribution is 0.102. The molecule has 1 amide bonds. The highest BCUT2D eigenvalue weighted by Gasteiger charge is 2.18. The lowest BCUT2D eigenvalue weighted by Crippen LogP contribution is -2.13. The minimum atomic E-state index is -0.698. The highest BCUT2D eigenvalue weighted by molar-refractivity contribution is 6.35. The standard InChI is InChI=1S/C22H16Cl3FN4O2/c1-2-32-18-10-17-16(9-13(18)21(31)27-12-5-3-4-11(23)8-12)28-22(29-17)30-20-15(25)7-6-14(24)19(20)26/h3-10H,2H2,1H3,(H,27,31)(H2,28,29,30). The molecular weight excluding hydrogens is 478 g/mol. The van der Waals surface area contributed by atoms with Crippen molar-refractivity contribution in [3.05, 3.63) is 75.0 Å². The summed E-state index contributed by atoms with van der Waals surface area (Å²) in [7, 11) is 0. The van der Waals surface area contributed by atoms with E-state index >= 15 is 0 Å². The zero-order chi connectivity index (χ0) is 22.8. The summed E-state index contributed by atoms with van der Waals surface area (Å²) >= 11 is 17.9. The van der Waals surface area contributed by atoms with Gasteiger partial charge in [-0.3, -0.25) is 4.79 Å². The minimum Gasteiger partial charge on any atom is -0.493 e. The Kier molecular flexibility index (Phi) is 6.41. The summed E-state index contributed by atoms with van der Waals surface area (Å²) in [6.45, 7) is 2.16. The number of carbonyl (C=O) groups excluding carboxylic acids is 1. The largest absolute Gasteiger partial charge is 0.493 e. The molecule has 0 bridgehead atoms. The number of ether oxygens (including phenoxy) is 1. The molecule has 0 spiro atoms. The van der Waals surface area contributed by atoms with Crippen LogP contribution < -0.4 is 15.4 Å². The third-order valence-electron chi connectivity index (χ3n) is 4.50. The van der Waals surface area contributed by atoms with Gasteiger partial charge in [0.1, 0.15) is 5.75 Å². The molecule has 0 atom stereocenters. The van der Waals surface area contributed by atoms with Crippen molar-refractivity contribution in [3.63, 3.8) is 0 Å². The number of aromatic nitrogens is 2. The molecule has 0 aliphatic carbocycles. The third kappa shape index (κ3) is 4.60. The monoisotopic (exact) mass is 492 g/mol. The number of halogens is 4. The Morgan fingerprint density at radius 3 is 2.66 bits per heavy atom. The van der Waals surface area contributed by atoms with E-state index in [0.717, 1.165) is 0 Å². The molecule has 0 unspecified atom stereocenters. The number of H-pyrrole nitrogens is 1. The van der Waals surface area contributed by atoms with Gasteiger partial charge in [-0.15, -0.1) is 0 Å². The number of aromatic amines is 1. The molecule has 3 aromatic carbocycles. The van der Waals surface area contributed by atoms with E-state index in [4.69, 9.17) is 39.5 Å². The molecule has 4 aromatic rings. The summed E-state index contributed by atoms with van der Waals surface area (Å²) < 4.78 is 20.0. The number of imidazole rings is 1. The number of carbonyl (C=O) groups is 1. The fourth-order valence-electron chi connectivity index (χ4n) is 3.07. The molecule has 0 saturated heterocycles.